The van der Waals surface area contributed by atoms with Crippen molar-refractivity contribution in [3.63, 3.8) is 0 Å². The van der Waals surface area contributed by atoms with Gasteiger partial charge in [-0.3, -0.25) is 9.59 Å². The summed E-state index contributed by atoms with van der Waals surface area (Å²) in [7, 11) is 2.95. The molecule has 2 atom stereocenters. The second-order valence-corrected chi connectivity index (χ2v) is 11.0. The quantitative estimate of drug-likeness (QED) is 0.553. The number of amides is 1. The van der Waals surface area contributed by atoms with Crippen molar-refractivity contribution in [2.75, 3.05) is 38.8 Å². The number of hydrogen-bond donors (Lipinski definition) is 1. The summed E-state index contributed by atoms with van der Waals surface area (Å²) in [6.45, 7) is 2.42. The van der Waals surface area contributed by atoms with Crippen LogP contribution >= 0.6 is 11.6 Å². The van der Waals surface area contributed by atoms with Crippen molar-refractivity contribution in [1.82, 2.24) is 5.32 Å². The van der Waals surface area contributed by atoms with E-state index in [1.54, 1.807) is 7.05 Å². The molecule has 192 valence electrons. The van der Waals surface area contributed by atoms with Crippen LogP contribution in [0.25, 0.3) is 0 Å². The summed E-state index contributed by atoms with van der Waals surface area (Å²) in [5, 5.41) is 3.41. The molecule has 1 saturated carbocycles. The predicted molar refractivity (Wildman–Crippen MR) is 141 cm³/mol. The number of halogens is 1. The molecular weight excluding hydrogens is 476 g/mol. The van der Waals surface area contributed by atoms with Crippen LogP contribution < -0.4 is 15.0 Å². The summed E-state index contributed by atoms with van der Waals surface area (Å²) >= 11 is 6.36. The molecule has 7 heteroatoms. The van der Waals surface area contributed by atoms with E-state index in [2.05, 4.69) is 22.3 Å². The number of anilines is 1. The standard InChI is InChI=1S/C29H35ClN2O4/c1-31-27(33)15-23(28(34)35-2)20-8-11-26-25(14-20)32(16-19-5-3-6-19)17-29(18-36-26)12-4-7-21-13-22(30)9-10-24(21)29/h8-11,13-14,19,23H,3-7,12,15-18H2,1-2H3,(H,31,33)/t23-,29+/m1/s1. The van der Waals surface area contributed by atoms with Crippen LogP contribution in [0.5, 0.6) is 5.75 Å². The lowest BCUT2D eigenvalue weighted by atomic mass is 9.70. The van der Waals surface area contributed by atoms with Gasteiger partial charge in [-0.15, -0.1) is 0 Å². The maximum Gasteiger partial charge on any atom is 0.313 e. The molecule has 1 aliphatic heterocycles. The van der Waals surface area contributed by atoms with Crippen LogP contribution in [-0.2, 0) is 26.2 Å². The molecule has 1 fully saturated rings. The third-order valence-electron chi connectivity index (χ3n) is 8.32. The molecular formula is C29H35ClN2O4. The summed E-state index contributed by atoms with van der Waals surface area (Å²) in [5.41, 5.74) is 4.33. The van der Waals surface area contributed by atoms with Gasteiger partial charge in [0.25, 0.3) is 0 Å². The van der Waals surface area contributed by atoms with E-state index in [1.165, 1.54) is 37.5 Å². The van der Waals surface area contributed by atoms with Crippen molar-refractivity contribution in [2.45, 2.75) is 56.3 Å². The SMILES string of the molecule is CNC(=O)C[C@@H](C(=O)OC)c1ccc2c(c1)N(CC1CCC1)C[C@@]1(CCCc3cc(Cl)ccc31)CO2. The third-order valence-corrected chi connectivity index (χ3v) is 8.56. The lowest BCUT2D eigenvalue weighted by Crippen LogP contribution is -2.47. The van der Waals surface area contributed by atoms with E-state index < -0.39 is 11.9 Å². The van der Waals surface area contributed by atoms with E-state index in [1.807, 2.05) is 24.3 Å². The minimum atomic E-state index is -0.666. The largest absolute Gasteiger partial charge is 0.490 e. The summed E-state index contributed by atoms with van der Waals surface area (Å²) in [6, 6.07) is 12.2. The molecule has 1 amide bonds. The van der Waals surface area contributed by atoms with Crippen LogP contribution in [-0.4, -0.2) is 45.7 Å². The van der Waals surface area contributed by atoms with Crippen molar-refractivity contribution >= 4 is 29.2 Å². The number of methoxy groups -OCH3 is 1. The zero-order valence-electron chi connectivity index (χ0n) is 21.1. The van der Waals surface area contributed by atoms with E-state index in [-0.39, 0.29) is 17.7 Å². The number of hydrogen-bond acceptors (Lipinski definition) is 5. The maximum absolute atomic E-state index is 12.7. The highest BCUT2D eigenvalue weighted by Crippen LogP contribution is 2.46. The molecule has 3 aliphatic rings. The number of fused-ring (bicyclic) bond motifs is 3. The van der Waals surface area contributed by atoms with Crippen LogP contribution in [0.2, 0.25) is 5.02 Å². The molecule has 0 unspecified atom stereocenters. The predicted octanol–water partition coefficient (Wildman–Crippen LogP) is 5.01. The van der Waals surface area contributed by atoms with E-state index in [4.69, 9.17) is 21.1 Å². The van der Waals surface area contributed by atoms with Gasteiger partial charge in [-0.25, -0.2) is 0 Å². The van der Waals surface area contributed by atoms with Crippen LogP contribution in [0.15, 0.2) is 36.4 Å². The van der Waals surface area contributed by atoms with Crippen LogP contribution in [0.3, 0.4) is 0 Å². The van der Waals surface area contributed by atoms with Crippen LogP contribution in [0.1, 0.15) is 61.1 Å². The minimum Gasteiger partial charge on any atom is -0.490 e. The molecule has 1 spiro atoms. The molecule has 0 aromatic heterocycles. The molecule has 0 bridgehead atoms. The molecule has 36 heavy (non-hydrogen) atoms. The number of nitrogens with one attached hydrogen (secondary N) is 1. The Morgan fingerprint density at radius 1 is 1.22 bits per heavy atom. The zero-order valence-corrected chi connectivity index (χ0v) is 21.9. The highest BCUT2D eigenvalue weighted by Gasteiger charge is 2.42. The Bertz CT molecular complexity index is 1150. The molecule has 2 aromatic rings. The van der Waals surface area contributed by atoms with Crippen molar-refractivity contribution in [1.29, 1.82) is 0 Å². The lowest BCUT2D eigenvalue weighted by Gasteiger charge is -2.42. The summed E-state index contributed by atoms with van der Waals surface area (Å²) < 4.78 is 11.6. The van der Waals surface area contributed by atoms with E-state index in [0.717, 1.165) is 54.4 Å². The van der Waals surface area contributed by atoms with Crippen LogP contribution in [0.4, 0.5) is 5.69 Å². The van der Waals surface area contributed by atoms with Gasteiger partial charge in [0.1, 0.15) is 5.75 Å². The molecule has 5 rings (SSSR count). The zero-order chi connectivity index (χ0) is 25.3. The summed E-state index contributed by atoms with van der Waals surface area (Å²) in [5.74, 6) is 0.222. The second kappa shape index (κ2) is 10.3. The first-order valence-corrected chi connectivity index (χ1v) is 13.4. The fourth-order valence-corrected chi connectivity index (χ4v) is 6.30. The van der Waals surface area contributed by atoms with Crippen molar-refractivity contribution in [2.24, 2.45) is 5.92 Å². The summed E-state index contributed by atoms with van der Waals surface area (Å²) in [4.78, 5) is 27.3. The number of esters is 1. The monoisotopic (exact) mass is 510 g/mol. The Balaban J connectivity index is 1.54. The highest BCUT2D eigenvalue weighted by molar-refractivity contribution is 6.30. The maximum atomic E-state index is 12.7. The topological polar surface area (TPSA) is 67.9 Å². The number of rotatable bonds is 6. The molecule has 2 aromatic carbocycles. The van der Waals surface area contributed by atoms with Crippen molar-refractivity contribution in [3.8, 4) is 5.75 Å². The van der Waals surface area contributed by atoms with Crippen LogP contribution in [0, 0.1) is 5.92 Å². The first kappa shape index (κ1) is 24.9. The van der Waals surface area contributed by atoms with Gasteiger partial charge >= 0.3 is 5.97 Å². The van der Waals surface area contributed by atoms with E-state index in [9.17, 15) is 9.59 Å². The fraction of sp³-hybridized carbons (Fsp3) is 0.517. The number of carbonyl (C=O) groups excluding carboxylic acids is 2. The molecule has 6 nitrogen and oxygen atoms in total. The molecule has 2 aliphatic carbocycles. The number of ether oxygens (including phenoxy) is 2. The van der Waals surface area contributed by atoms with Gasteiger partial charge in [0.15, 0.2) is 0 Å². The average molecular weight is 511 g/mol. The van der Waals surface area contributed by atoms with Gasteiger partial charge in [-0.1, -0.05) is 30.2 Å². The normalized spacial score (nSPS) is 21.9. The Kier molecular flexibility index (Phi) is 7.16. The van der Waals surface area contributed by atoms with Gasteiger partial charge in [0, 0.05) is 37.0 Å². The first-order chi connectivity index (χ1) is 17.4. The Morgan fingerprint density at radius 2 is 2.06 bits per heavy atom. The van der Waals surface area contributed by atoms with E-state index >= 15 is 0 Å². The highest BCUT2D eigenvalue weighted by atomic mass is 35.5. The number of nitrogens with zero attached hydrogens (tertiary/aromatic N) is 1. The Morgan fingerprint density at radius 3 is 2.78 bits per heavy atom. The van der Waals surface area contributed by atoms with Crippen molar-refractivity contribution < 1.29 is 19.1 Å². The average Bonchev–Trinajstić information content (AvgIpc) is 3.01. The van der Waals surface area contributed by atoms with E-state index in [0.29, 0.717) is 12.5 Å². The summed E-state index contributed by atoms with van der Waals surface area (Å²) in [6.07, 6.45) is 7.02. The smallest absolute Gasteiger partial charge is 0.313 e. The number of benzene rings is 2. The number of aryl methyl sites for hydroxylation is 1. The lowest BCUT2D eigenvalue weighted by molar-refractivity contribution is -0.144. The van der Waals surface area contributed by atoms with Gasteiger partial charge in [0.2, 0.25) is 5.91 Å². The fourth-order valence-electron chi connectivity index (χ4n) is 6.10. The molecule has 0 saturated heterocycles. The van der Waals surface area contributed by atoms with Gasteiger partial charge in [-0.2, -0.15) is 0 Å². The minimum absolute atomic E-state index is 0.0452. The third kappa shape index (κ3) is 4.80. The molecule has 0 radical (unpaired) electrons. The van der Waals surface area contributed by atoms with Gasteiger partial charge < -0.3 is 19.7 Å². The van der Waals surface area contributed by atoms with Gasteiger partial charge in [-0.05, 0) is 79.0 Å². The Hall–Kier alpha value is -2.73. The first-order valence-electron chi connectivity index (χ1n) is 13.0. The molecule has 1 N–H and O–H groups in total. The number of carbonyl (C=O) groups is 2. The molecule has 1 heterocycles. The van der Waals surface area contributed by atoms with Gasteiger partial charge in [0.05, 0.1) is 25.3 Å². The van der Waals surface area contributed by atoms with Crippen molar-refractivity contribution in [3.05, 3.63) is 58.1 Å². The second-order valence-electron chi connectivity index (χ2n) is 10.6. The Labute approximate surface area is 218 Å².